The smallest absolute Gasteiger partial charge is 0.209 e. The van der Waals surface area contributed by atoms with Gasteiger partial charge in [-0.15, -0.1) is 0 Å². The molecule has 32 heavy (non-hydrogen) atoms. The number of ether oxygens (including phenoxy) is 1. The van der Waals surface area contributed by atoms with Crippen molar-refractivity contribution in [3.8, 4) is 0 Å². The lowest BCUT2D eigenvalue weighted by Crippen LogP contribution is -2.71. The van der Waals surface area contributed by atoms with Crippen molar-refractivity contribution in [2.45, 2.75) is 122 Å². The molecule has 0 N–H and O–H groups in total. The highest BCUT2D eigenvalue weighted by Crippen LogP contribution is 2.39. The third-order valence-electron chi connectivity index (χ3n) is 4.25. The highest BCUT2D eigenvalue weighted by molar-refractivity contribution is 6.71. The molecule has 4 atom stereocenters. The third-order valence-corrected chi connectivity index (χ3v) is 9.17. The molecule has 1 aliphatic rings. The van der Waals surface area contributed by atoms with Crippen LogP contribution < -0.4 is 0 Å². The summed E-state index contributed by atoms with van der Waals surface area (Å²) in [5.74, 6) is -0.991. The molecule has 0 radical (unpaired) electrons. The van der Waals surface area contributed by atoms with E-state index in [-0.39, 0.29) is 12.2 Å². The molecule has 0 amide bonds. The molecular weight excluding hydrogens is 489 g/mol. The zero-order chi connectivity index (χ0) is 25.4. The Balaban J connectivity index is 3.59. The monoisotopic (exact) mass is 540 g/mol. The normalized spacial score (nSPS) is 28.8. The molecule has 192 valence electrons. The summed E-state index contributed by atoms with van der Waals surface area (Å²) in [6, 6.07) is 0. The van der Waals surface area contributed by atoms with Crippen LogP contribution in [0.1, 0.15) is 0 Å². The van der Waals surface area contributed by atoms with Crippen LogP contribution in [0, 0.1) is 0 Å². The quantitative estimate of drug-likeness (QED) is 0.296. The Morgan fingerprint density at radius 3 is 1.47 bits per heavy atom. The average Bonchev–Trinajstić information content (AvgIpc) is 2.46. The van der Waals surface area contributed by atoms with Gasteiger partial charge in [0, 0.05) is 0 Å². The summed E-state index contributed by atoms with van der Waals surface area (Å²) < 4.78 is 40.3. The van der Waals surface area contributed by atoms with Gasteiger partial charge in [-0.1, -0.05) is 0 Å². The zero-order valence-electron chi connectivity index (χ0n) is 23.6. The van der Waals surface area contributed by atoms with Gasteiger partial charge in [0.25, 0.3) is 0 Å². The number of hydrogen-bond acceptors (Lipinski definition) is 6. The fraction of sp³-hybridized carbons (Fsp3) is 1.00. The molecule has 0 aromatic rings. The van der Waals surface area contributed by atoms with Crippen molar-refractivity contribution in [1.82, 2.24) is 0 Å². The minimum absolute atomic E-state index is 0.181. The lowest BCUT2D eigenvalue weighted by atomic mass is 9.97. The molecule has 1 heterocycles. The van der Waals surface area contributed by atoms with Gasteiger partial charge in [0.15, 0.2) is 41.6 Å². The van der Waals surface area contributed by atoms with E-state index >= 15 is 0 Å². The maximum absolute atomic E-state index is 6.89. The van der Waals surface area contributed by atoms with Gasteiger partial charge in [-0.2, -0.15) is 0 Å². The summed E-state index contributed by atoms with van der Waals surface area (Å²) in [7, 11) is -9.58. The molecule has 6 nitrogen and oxygen atoms in total. The average molecular weight is 541 g/mol. The van der Waals surface area contributed by atoms with E-state index in [2.05, 4.69) is 98.2 Å². The van der Waals surface area contributed by atoms with Gasteiger partial charge in [-0.05, 0) is 98.2 Å². The molecule has 0 unspecified atom stereocenters. The molecule has 0 aliphatic carbocycles. The second-order valence-electron chi connectivity index (χ2n) is 13.9. The van der Waals surface area contributed by atoms with Gasteiger partial charge < -0.3 is 26.9 Å². The van der Waals surface area contributed by atoms with E-state index in [1.165, 1.54) is 0 Å². The van der Waals surface area contributed by atoms with Crippen molar-refractivity contribution in [1.29, 1.82) is 0 Å². The molecule has 1 rings (SSSR count). The molecule has 0 saturated carbocycles. The van der Waals surface area contributed by atoms with Gasteiger partial charge >= 0.3 is 0 Å². The van der Waals surface area contributed by atoms with Crippen LogP contribution in [0.2, 0.25) is 98.2 Å². The Bertz CT molecular complexity index is 600. The topological polar surface area (TPSA) is 55.4 Å². The van der Waals surface area contributed by atoms with Gasteiger partial charge in [-0.3, -0.25) is 0 Å². The fourth-order valence-corrected chi connectivity index (χ4v) is 8.74. The van der Waals surface area contributed by atoms with Gasteiger partial charge in [-0.25, -0.2) is 0 Å². The number of hydrogen-bond donors (Lipinski definition) is 0. The van der Waals surface area contributed by atoms with Crippen LogP contribution in [0.15, 0.2) is 0 Å². The molecule has 1 saturated heterocycles. The van der Waals surface area contributed by atoms with Crippen LogP contribution in [0.5, 0.6) is 0 Å². The van der Waals surface area contributed by atoms with Crippen LogP contribution in [-0.4, -0.2) is 78.9 Å². The lowest BCUT2D eigenvalue weighted by molar-refractivity contribution is -0.311. The van der Waals surface area contributed by atoms with Gasteiger partial charge in [0.2, 0.25) is 5.79 Å². The second kappa shape index (κ2) is 10.4. The van der Waals surface area contributed by atoms with Crippen LogP contribution in [-0.2, 0) is 26.9 Å². The predicted molar refractivity (Wildman–Crippen MR) is 147 cm³/mol. The molecule has 1 fully saturated rings. The van der Waals surface area contributed by atoms with Crippen molar-refractivity contribution in [3.63, 3.8) is 0 Å². The molecule has 1 aliphatic heterocycles. The Kier molecular flexibility index (Phi) is 10.1. The Hall–Kier alpha value is 0.844. The van der Waals surface area contributed by atoms with E-state index in [0.717, 1.165) is 0 Å². The van der Waals surface area contributed by atoms with Crippen molar-refractivity contribution < 1.29 is 26.9 Å². The standard InChI is InChI=1S/C21H52O6Si5/c1-28(2,3)23-17-21(27-32(13,14)15)20(26-31(10,11)12)19(25-30(7,8)9)18(16-22-21)24-29(4,5)6/h18-20H,16-17H2,1-15H3/t18-,19-,20+,21+/m1/s1. The minimum Gasteiger partial charge on any atom is -0.412 e. The van der Waals surface area contributed by atoms with Crippen molar-refractivity contribution in [2.24, 2.45) is 0 Å². The highest BCUT2D eigenvalue weighted by Gasteiger charge is 2.58. The minimum atomic E-state index is -2.02. The third kappa shape index (κ3) is 11.5. The van der Waals surface area contributed by atoms with Crippen LogP contribution in [0.4, 0.5) is 0 Å². The second-order valence-corrected chi connectivity index (χ2v) is 36.2. The Morgan fingerprint density at radius 2 is 1.09 bits per heavy atom. The first-order valence-corrected chi connectivity index (χ1v) is 29.0. The zero-order valence-corrected chi connectivity index (χ0v) is 28.6. The molecule has 11 heteroatoms. The maximum atomic E-state index is 6.89. The van der Waals surface area contributed by atoms with E-state index in [0.29, 0.717) is 13.2 Å². The van der Waals surface area contributed by atoms with Gasteiger partial charge in [0.05, 0.1) is 19.3 Å². The summed E-state index contributed by atoms with van der Waals surface area (Å²) >= 11 is 0. The first-order chi connectivity index (χ1) is 13.9. The summed E-state index contributed by atoms with van der Waals surface area (Å²) in [6.07, 6.45) is -0.838. The fourth-order valence-electron chi connectivity index (χ4n) is 3.56. The van der Waals surface area contributed by atoms with Crippen LogP contribution in [0.3, 0.4) is 0 Å². The summed E-state index contributed by atoms with van der Waals surface area (Å²) in [4.78, 5) is 0. The maximum Gasteiger partial charge on any atom is 0.209 e. The summed E-state index contributed by atoms with van der Waals surface area (Å²) in [5, 5.41) is 0. The molecule has 0 bridgehead atoms. The van der Waals surface area contributed by atoms with E-state index in [1.54, 1.807) is 0 Å². The first-order valence-electron chi connectivity index (χ1n) is 11.9. The van der Waals surface area contributed by atoms with Crippen molar-refractivity contribution in [2.75, 3.05) is 13.2 Å². The predicted octanol–water partition coefficient (Wildman–Crippen LogP) is 6.08. The largest absolute Gasteiger partial charge is 0.412 e. The molecule has 0 aromatic carbocycles. The Morgan fingerprint density at radius 1 is 0.625 bits per heavy atom. The van der Waals surface area contributed by atoms with Crippen molar-refractivity contribution >= 4 is 41.6 Å². The van der Waals surface area contributed by atoms with Gasteiger partial charge in [0.1, 0.15) is 12.2 Å². The van der Waals surface area contributed by atoms with Crippen molar-refractivity contribution in [3.05, 3.63) is 0 Å². The van der Waals surface area contributed by atoms with E-state index in [4.69, 9.17) is 26.9 Å². The molecule has 0 aromatic heterocycles. The van der Waals surface area contributed by atoms with Crippen LogP contribution in [0.25, 0.3) is 0 Å². The first kappa shape index (κ1) is 30.9. The van der Waals surface area contributed by atoms with E-state index in [1.807, 2.05) is 0 Å². The van der Waals surface area contributed by atoms with E-state index in [9.17, 15) is 0 Å². The highest BCUT2D eigenvalue weighted by atomic mass is 28.4. The molecular formula is C21H52O6Si5. The number of rotatable bonds is 11. The summed E-state index contributed by atoms with van der Waals surface area (Å²) in [5.41, 5.74) is 0. The summed E-state index contributed by atoms with van der Waals surface area (Å²) in [6.45, 7) is 33.9. The molecule has 0 spiro atoms. The SMILES string of the molecule is C[Si](C)(C)OC[C@@]1(O[Si](C)(C)C)OC[C@@H](O[Si](C)(C)C)[C@@H](O[Si](C)(C)C)[C@@H]1O[Si](C)(C)C. The Labute approximate surface area is 203 Å². The van der Waals surface area contributed by atoms with Crippen LogP contribution >= 0.6 is 0 Å². The van der Waals surface area contributed by atoms with E-state index < -0.39 is 53.5 Å². The lowest BCUT2D eigenvalue weighted by Gasteiger charge is -2.54.